The fraction of sp³-hybridized carbons (Fsp3) is 0.531. The van der Waals surface area contributed by atoms with E-state index in [-0.39, 0.29) is 44.4 Å². The number of amides is 1. The van der Waals surface area contributed by atoms with Crippen LogP contribution >= 0.6 is 11.6 Å². The Bertz CT molecular complexity index is 1520. The minimum absolute atomic E-state index is 0.000701. The van der Waals surface area contributed by atoms with Crippen LogP contribution in [0.15, 0.2) is 48.6 Å². The highest BCUT2D eigenvalue weighted by molar-refractivity contribution is 7.90. The van der Waals surface area contributed by atoms with Gasteiger partial charge in [-0.25, -0.2) is 13.1 Å². The largest absolute Gasteiger partial charge is 0.487 e. The first-order valence-electron chi connectivity index (χ1n) is 15.1. The van der Waals surface area contributed by atoms with E-state index in [4.69, 9.17) is 16.3 Å². The number of aliphatic hydroxyl groups is 1. The number of hydrogen-bond acceptors (Lipinski definition) is 6. The van der Waals surface area contributed by atoms with Crippen molar-refractivity contribution in [2.24, 2.45) is 11.8 Å². The molecule has 2 heterocycles. The average Bonchev–Trinajstić information content (AvgIpc) is 2.97. The molecule has 0 aromatic heterocycles. The van der Waals surface area contributed by atoms with Gasteiger partial charge in [-0.05, 0) is 105 Å². The van der Waals surface area contributed by atoms with E-state index in [0.717, 1.165) is 30.0 Å². The van der Waals surface area contributed by atoms with E-state index in [1.165, 1.54) is 12.1 Å². The predicted molar refractivity (Wildman–Crippen MR) is 163 cm³/mol. The number of rotatable bonds is 1. The van der Waals surface area contributed by atoms with Crippen molar-refractivity contribution >= 4 is 33.2 Å². The fourth-order valence-corrected chi connectivity index (χ4v) is 8.18. The van der Waals surface area contributed by atoms with Crippen molar-refractivity contribution in [3.63, 3.8) is 0 Å². The van der Waals surface area contributed by atoms with Crippen molar-refractivity contribution in [2.45, 2.75) is 81.9 Å². The number of aryl methyl sites for hydroxylation is 1. The van der Waals surface area contributed by atoms with E-state index in [1.54, 1.807) is 25.1 Å². The molecule has 4 atom stereocenters. The molecule has 0 spiro atoms. The zero-order valence-corrected chi connectivity index (χ0v) is 26.1. The number of halogens is 4. The van der Waals surface area contributed by atoms with E-state index >= 15 is 0 Å². The lowest BCUT2D eigenvalue weighted by Gasteiger charge is -2.48. The van der Waals surface area contributed by atoms with Gasteiger partial charge in [-0.2, -0.15) is 13.2 Å². The number of hydrogen-bond donors (Lipinski definition) is 2. The van der Waals surface area contributed by atoms with Crippen LogP contribution in [0.5, 0.6) is 5.75 Å². The number of carbonyl (C=O) groups excluding carboxylic acids is 1. The summed E-state index contributed by atoms with van der Waals surface area (Å²) >= 11 is 6.26. The molecule has 7 nitrogen and oxygen atoms in total. The van der Waals surface area contributed by atoms with Gasteiger partial charge in [0, 0.05) is 29.6 Å². The minimum atomic E-state index is -4.91. The van der Waals surface area contributed by atoms with Crippen LogP contribution in [0.25, 0.3) is 0 Å². The number of sulfonamides is 1. The van der Waals surface area contributed by atoms with Gasteiger partial charge in [0.15, 0.2) is 5.60 Å². The van der Waals surface area contributed by atoms with Crippen LogP contribution in [-0.2, 0) is 23.1 Å². The third kappa shape index (κ3) is 6.74. The maximum Gasteiger partial charge on any atom is 0.421 e. The van der Waals surface area contributed by atoms with Gasteiger partial charge >= 0.3 is 6.18 Å². The van der Waals surface area contributed by atoms with E-state index in [2.05, 4.69) is 4.72 Å². The number of nitrogens with one attached hydrogen (secondary N) is 1. The summed E-state index contributed by atoms with van der Waals surface area (Å²) in [4.78, 5) is 15.2. The Hall–Kier alpha value is -2.76. The maximum absolute atomic E-state index is 14.4. The van der Waals surface area contributed by atoms with Crippen molar-refractivity contribution in [2.75, 3.05) is 18.0 Å². The van der Waals surface area contributed by atoms with E-state index < -0.39 is 44.8 Å². The Morgan fingerprint density at radius 1 is 1.11 bits per heavy atom. The Kier molecular flexibility index (Phi) is 9.58. The van der Waals surface area contributed by atoms with Crippen molar-refractivity contribution in [3.8, 4) is 5.75 Å². The highest BCUT2D eigenvalue weighted by Crippen LogP contribution is 2.50. The lowest BCUT2D eigenvalue weighted by atomic mass is 9.64. The molecular weight excluding hydrogens is 617 g/mol. The number of fused-ring (bicyclic) bond motifs is 3. The molecule has 1 saturated carbocycles. The fourth-order valence-electron chi connectivity index (χ4n) is 6.55. The number of alkyl halides is 3. The van der Waals surface area contributed by atoms with E-state index in [1.807, 2.05) is 17.0 Å². The van der Waals surface area contributed by atoms with Gasteiger partial charge in [-0.15, -0.1) is 0 Å². The van der Waals surface area contributed by atoms with Crippen LogP contribution in [0, 0.1) is 11.8 Å². The van der Waals surface area contributed by atoms with Crippen molar-refractivity contribution < 1.29 is 36.2 Å². The molecule has 2 N–H and O–H groups in total. The molecule has 1 aliphatic carbocycles. The maximum atomic E-state index is 14.4. The normalized spacial score (nSPS) is 28.6. The predicted octanol–water partition coefficient (Wildman–Crippen LogP) is 6.57. The number of nitrogens with zero attached hydrogens (tertiary/aromatic N) is 1. The first kappa shape index (κ1) is 32.6. The molecule has 3 aliphatic rings. The molecule has 0 radical (unpaired) electrons. The second-order valence-electron chi connectivity index (χ2n) is 12.0. The first-order valence-corrected chi connectivity index (χ1v) is 17.1. The molecule has 2 aromatic rings. The zero-order valence-electron chi connectivity index (χ0n) is 24.6. The smallest absolute Gasteiger partial charge is 0.421 e. The number of allylic oxidation sites excluding steroid dienone is 1. The van der Waals surface area contributed by atoms with Crippen LogP contribution in [0.2, 0.25) is 5.02 Å². The van der Waals surface area contributed by atoms with E-state index in [0.29, 0.717) is 35.8 Å². The Morgan fingerprint density at radius 3 is 2.61 bits per heavy atom. The summed E-state index contributed by atoms with van der Waals surface area (Å²) < 4.78 is 78.1. The monoisotopic (exact) mass is 654 g/mol. The van der Waals surface area contributed by atoms with Gasteiger partial charge in [0.05, 0.1) is 10.9 Å². The molecule has 0 unspecified atom stereocenters. The third-order valence-electron chi connectivity index (χ3n) is 9.29. The van der Waals surface area contributed by atoms with Crippen LogP contribution in [0.3, 0.4) is 0 Å². The summed E-state index contributed by atoms with van der Waals surface area (Å²) in [6.07, 6.45) is 0.174. The van der Waals surface area contributed by atoms with Gasteiger partial charge in [0.1, 0.15) is 12.4 Å². The number of carbonyl (C=O) groups is 1. The molecule has 1 amide bonds. The highest BCUT2D eigenvalue weighted by atomic mass is 35.5. The topological polar surface area (TPSA) is 95.9 Å². The second kappa shape index (κ2) is 12.9. The van der Waals surface area contributed by atoms with E-state index in [9.17, 15) is 31.5 Å². The molecule has 2 aliphatic heterocycles. The third-order valence-corrected chi connectivity index (χ3v) is 11.4. The van der Waals surface area contributed by atoms with Crippen LogP contribution in [0.4, 0.5) is 18.9 Å². The molecule has 240 valence electrons. The molecule has 2 aromatic carbocycles. The van der Waals surface area contributed by atoms with Crippen molar-refractivity contribution in [3.05, 3.63) is 70.3 Å². The Balaban J connectivity index is 1.58. The quantitative estimate of drug-likeness (QED) is 0.338. The Morgan fingerprint density at radius 2 is 1.91 bits per heavy atom. The summed E-state index contributed by atoms with van der Waals surface area (Å²) in [6.45, 7) is 2.50. The standard InChI is InChI=1S/C32H38ClF3N2O5S/c1-2-26-8-3-5-15-31(40,32(34,35)36)27-13-10-23(27)19-38-16-6-4-7-21-17-25(33)12-9-24(21)20-43-29-14-11-22(18-28(29)38)30(39)37-44(26,41)42/h5,9,11-12,14-15,17-18,23,26-27,40H,2-4,6-8,10,13,16,19-20H2,1H3,(H,37,39)/b15-5-/t23-,26+,27+,31+/m0/s1. The van der Waals surface area contributed by atoms with Crippen LogP contribution in [0.1, 0.15) is 73.4 Å². The van der Waals surface area contributed by atoms with Crippen LogP contribution in [-0.4, -0.2) is 49.5 Å². The van der Waals surface area contributed by atoms with Gasteiger partial charge in [-0.1, -0.05) is 30.7 Å². The molecule has 5 rings (SSSR count). The SMILES string of the molecule is CC[C@@H]1CC/C=C\[C@](O)(C(F)(F)F)[C@@H]2CC[C@H]2CN2CCCCc3cc(Cl)ccc3COc3ccc(cc32)C(=O)NS1(=O)=O. The number of ether oxygens (including phenoxy) is 1. The number of anilines is 1. The molecular formula is C32H38ClF3N2O5S. The zero-order chi connectivity index (χ0) is 31.7. The first-order chi connectivity index (χ1) is 20.8. The average molecular weight is 655 g/mol. The highest BCUT2D eigenvalue weighted by Gasteiger charge is 2.61. The van der Waals surface area contributed by atoms with Gasteiger partial charge in [-0.3, -0.25) is 4.79 Å². The van der Waals surface area contributed by atoms with Gasteiger partial charge in [0.2, 0.25) is 10.0 Å². The summed E-state index contributed by atoms with van der Waals surface area (Å²) in [5.74, 6) is -1.91. The minimum Gasteiger partial charge on any atom is -0.487 e. The van der Waals surface area contributed by atoms with Gasteiger partial charge < -0.3 is 14.7 Å². The lowest BCUT2D eigenvalue weighted by molar-refractivity contribution is -0.273. The summed E-state index contributed by atoms with van der Waals surface area (Å²) in [6, 6.07) is 10.2. The van der Waals surface area contributed by atoms with Crippen molar-refractivity contribution in [1.82, 2.24) is 4.72 Å². The van der Waals surface area contributed by atoms with Crippen LogP contribution < -0.4 is 14.4 Å². The summed E-state index contributed by atoms with van der Waals surface area (Å²) in [5.41, 5.74) is -0.461. The Labute approximate surface area is 261 Å². The molecule has 12 heteroatoms. The molecule has 2 bridgehead atoms. The molecule has 1 fully saturated rings. The lowest BCUT2D eigenvalue weighted by Crippen LogP contribution is -2.57. The molecule has 44 heavy (non-hydrogen) atoms. The summed E-state index contributed by atoms with van der Waals surface area (Å²) in [5, 5.41) is 10.7. The summed E-state index contributed by atoms with van der Waals surface area (Å²) in [7, 11) is -4.14. The second-order valence-corrected chi connectivity index (χ2v) is 14.4. The van der Waals surface area contributed by atoms with Crippen molar-refractivity contribution in [1.29, 1.82) is 0 Å². The van der Waals surface area contributed by atoms with Gasteiger partial charge in [0.25, 0.3) is 5.91 Å². The molecule has 0 saturated heterocycles. The number of benzene rings is 2.